The Balaban J connectivity index is 2.00. The standard InChI is InChI=1S/C12H11N3O/c1-2-12(16)13-8-7-11-14-9-5-3-4-6-10(9)15-11/h1,3-6H,7-8H2,(H,13,16)(H,14,15). The first-order chi connectivity index (χ1) is 7.79. The molecule has 16 heavy (non-hydrogen) atoms. The normalized spacial score (nSPS) is 9.94. The Morgan fingerprint density at radius 1 is 1.50 bits per heavy atom. The Morgan fingerprint density at radius 3 is 3.06 bits per heavy atom. The summed E-state index contributed by atoms with van der Waals surface area (Å²) in [6.07, 6.45) is 5.57. The number of nitrogens with one attached hydrogen (secondary N) is 2. The van der Waals surface area contributed by atoms with Gasteiger partial charge in [0.15, 0.2) is 0 Å². The lowest BCUT2D eigenvalue weighted by molar-refractivity contribution is -0.115. The molecule has 4 nitrogen and oxygen atoms in total. The lowest BCUT2D eigenvalue weighted by atomic mass is 10.3. The van der Waals surface area contributed by atoms with Crippen LogP contribution < -0.4 is 5.32 Å². The molecule has 0 aliphatic heterocycles. The van der Waals surface area contributed by atoms with Crippen LogP contribution in [0.1, 0.15) is 5.82 Å². The number of hydrogen-bond donors (Lipinski definition) is 2. The number of amides is 1. The van der Waals surface area contributed by atoms with Gasteiger partial charge in [-0.05, 0) is 18.1 Å². The zero-order valence-electron chi connectivity index (χ0n) is 8.66. The maximum atomic E-state index is 10.8. The summed E-state index contributed by atoms with van der Waals surface area (Å²) >= 11 is 0. The molecule has 2 N–H and O–H groups in total. The van der Waals surface area contributed by atoms with Crippen LogP contribution in [-0.2, 0) is 11.2 Å². The number of aromatic nitrogens is 2. The van der Waals surface area contributed by atoms with E-state index >= 15 is 0 Å². The van der Waals surface area contributed by atoms with E-state index in [0.717, 1.165) is 16.9 Å². The molecule has 0 saturated carbocycles. The third-order valence-electron chi connectivity index (χ3n) is 2.22. The van der Waals surface area contributed by atoms with E-state index in [1.807, 2.05) is 30.2 Å². The Hall–Kier alpha value is -2.28. The maximum Gasteiger partial charge on any atom is 0.295 e. The van der Waals surface area contributed by atoms with Gasteiger partial charge in [-0.2, -0.15) is 0 Å². The molecule has 80 valence electrons. The summed E-state index contributed by atoms with van der Waals surface area (Å²) in [5.41, 5.74) is 1.93. The Labute approximate surface area is 93.1 Å². The maximum absolute atomic E-state index is 10.8. The van der Waals surface area contributed by atoms with Crippen LogP contribution >= 0.6 is 0 Å². The van der Waals surface area contributed by atoms with Gasteiger partial charge >= 0.3 is 0 Å². The highest BCUT2D eigenvalue weighted by Gasteiger charge is 2.01. The predicted molar refractivity (Wildman–Crippen MR) is 61.6 cm³/mol. The molecule has 0 unspecified atom stereocenters. The van der Waals surface area contributed by atoms with Crippen molar-refractivity contribution in [2.75, 3.05) is 6.54 Å². The second-order valence-corrected chi connectivity index (χ2v) is 3.35. The summed E-state index contributed by atoms with van der Waals surface area (Å²) < 4.78 is 0. The van der Waals surface area contributed by atoms with Gasteiger partial charge < -0.3 is 10.3 Å². The first kappa shape index (κ1) is 10.2. The van der Waals surface area contributed by atoms with Crippen molar-refractivity contribution in [3.05, 3.63) is 30.1 Å². The lowest BCUT2D eigenvalue weighted by Crippen LogP contribution is -2.24. The predicted octanol–water partition coefficient (Wildman–Crippen LogP) is 0.855. The number of nitrogens with zero attached hydrogens (tertiary/aromatic N) is 1. The third-order valence-corrected chi connectivity index (χ3v) is 2.22. The highest BCUT2D eigenvalue weighted by molar-refractivity contribution is 5.92. The molecule has 0 spiro atoms. The highest BCUT2D eigenvalue weighted by Crippen LogP contribution is 2.09. The van der Waals surface area contributed by atoms with Crippen LogP contribution in [0.3, 0.4) is 0 Å². The van der Waals surface area contributed by atoms with Gasteiger partial charge in [0, 0.05) is 13.0 Å². The van der Waals surface area contributed by atoms with Crippen molar-refractivity contribution >= 4 is 16.9 Å². The Morgan fingerprint density at radius 2 is 2.31 bits per heavy atom. The fraction of sp³-hybridized carbons (Fsp3) is 0.167. The molecule has 0 fully saturated rings. The van der Waals surface area contributed by atoms with Crippen molar-refractivity contribution in [1.29, 1.82) is 0 Å². The van der Waals surface area contributed by atoms with Gasteiger partial charge in [0.2, 0.25) is 0 Å². The van der Waals surface area contributed by atoms with E-state index in [1.165, 1.54) is 0 Å². The average molecular weight is 213 g/mol. The van der Waals surface area contributed by atoms with Gasteiger partial charge in [0.05, 0.1) is 11.0 Å². The number of para-hydroxylation sites is 2. The van der Waals surface area contributed by atoms with Crippen LogP contribution in [0.25, 0.3) is 11.0 Å². The average Bonchev–Trinajstić information content (AvgIpc) is 2.71. The molecule has 0 saturated heterocycles. The molecular formula is C12H11N3O. The lowest BCUT2D eigenvalue weighted by Gasteiger charge is -1.97. The van der Waals surface area contributed by atoms with Gasteiger partial charge in [0.25, 0.3) is 5.91 Å². The third kappa shape index (κ3) is 2.20. The first-order valence-electron chi connectivity index (χ1n) is 4.97. The minimum atomic E-state index is -0.392. The summed E-state index contributed by atoms with van der Waals surface area (Å²) in [5.74, 6) is 2.45. The molecule has 2 aromatic rings. The van der Waals surface area contributed by atoms with Crippen molar-refractivity contribution in [3.63, 3.8) is 0 Å². The highest BCUT2D eigenvalue weighted by atomic mass is 16.1. The first-order valence-corrected chi connectivity index (χ1v) is 4.97. The van der Waals surface area contributed by atoms with E-state index in [9.17, 15) is 4.79 Å². The zero-order valence-corrected chi connectivity index (χ0v) is 8.66. The number of terminal acetylenes is 1. The number of H-pyrrole nitrogens is 1. The number of hydrogen-bond acceptors (Lipinski definition) is 2. The van der Waals surface area contributed by atoms with Crippen molar-refractivity contribution in [3.8, 4) is 12.3 Å². The SMILES string of the molecule is C#CC(=O)NCCc1nc2ccccc2[nH]1. The molecule has 4 heteroatoms. The van der Waals surface area contributed by atoms with Gasteiger partial charge in [-0.25, -0.2) is 4.98 Å². The van der Waals surface area contributed by atoms with Gasteiger partial charge in [-0.3, -0.25) is 4.79 Å². The van der Waals surface area contributed by atoms with E-state index < -0.39 is 5.91 Å². The van der Waals surface area contributed by atoms with Crippen LogP contribution in [0.2, 0.25) is 0 Å². The molecule has 1 amide bonds. The molecule has 1 aromatic carbocycles. The van der Waals surface area contributed by atoms with Crippen LogP contribution in [-0.4, -0.2) is 22.4 Å². The molecule has 2 rings (SSSR count). The molecule has 1 aromatic heterocycles. The van der Waals surface area contributed by atoms with Gasteiger partial charge in [-0.15, -0.1) is 6.42 Å². The van der Waals surface area contributed by atoms with Crippen molar-refractivity contribution in [1.82, 2.24) is 15.3 Å². The fourth-order valence-corrected chi connectivity index (χ4v) is 1.47. The summed E-state index contributed by atoms with van der Waals surface area (Å²) in [6, 6.07) is 7.79. The van der Waals surface area contributed by atoms with E-state index in [-0.39, 0.29) is 0 Å². The molecule has 0 radical (unpaired) electrons. The van der Waals surface area contributed by atoms with Crippen LogP contribution in [0.15, 0.2) is 24.3 Å². The molecule has 0 aliphatic carbocycles. The minimum Gasteiger partial charge on any atom is -0.345 e. The monoisotopic (exact) mass is 213 g/mol. The topological polar surface area (TPSA) is 57.8 Å². The van der Waals surface area contributed by atoms with E-state index in [2.05, 4.69) is 15.3 Å². The van der Waals surface area contributed by atoms with Crippen LogP contribution in [0.4, 0.5) is 0 Å². The van der Waals surface area contributed by atoms with E-state index in [1.54, 1.807) is 0 Å². The second-order valence-electron chi connectivity index (χ2n) is 3.35. The zero-order chi connectivity index (χ0) is 11.4. The summed E-state index contributed by atoms with van der Waals surface area (Å²) in [6.45, 7) is 0.489. The summed E-state index contributed by atoms with van der Waals surface area (Å²) in [5, 5.41) is 2.59. The number of aromatic amines is 1. The van der Waals surface area contributed by atoms with E-state index in [4.69, 9.17) is 6.42 Å². The number of fused-ring (bicyclic) bond motifs is 1. The fourth-order valence-electron chi connectivity index (χ4n) is 1.47. The minimum absolute atomic E-state index is 0.392. The molecular weight excluding hydrogens is 202 g/mol. The number of imidazole rings is 1. The number of rotatable bonds is 3. The van der Waals surface area contributed by atoms with E-state index in [0.29, 0.717) is 13.0 Å². The van der Waals surface area contributed by atoms with Crippen molar-refractivity contribution in [2.24, 2.45) is 0 Å². The molecule has 0 aliphatic rings. The van der Waals surface area contributed by atoms with Crippen molar-refractivity contribution in [2.45, 2.75) is 6.42 Å². The summed E-state index contributed by atoms with van der Waals surface area (Å²) in [7, 11) is 0. The number of carbonyl (C=O) groups is 1. The Kier molecular flexibility index (Phi) is 2.88. The van der Waals surface area contributed by atoms with Crippen LogP contribution in [0.5, 0.6) is 0 Å². The smallest absolute Gasteiger partial charge is 0.295 e. The molecule has 1 heterocycles. The summed E-state index contributed by atoms with van der Waals surface area (Å²) in [4.78, 5) is 18.3. The number of benzene rings is 1. The van der Waals surface area contributed by atoms with Gasteiger partial charge in [-0.1, -0.05) is 12.1 Å². The Bertz CT molecular complexity index is 518. The number of carbonyl (C=O) groups excluding carboxylic acids is 1. The van der Waals surface area contributed by atoms with Crippen molar-refractivity contribution < 1.29 is 4.79 Å². The van der Waals surface area contributed by atoms with Gasteiger partial charge in [0.1, 0.15) is 5.82 Å². The quantitative estimate of drug-likeness (QED) is 0.743. The molecule has 0 atom stereocenters. The second kappa shape index (κ2) is 4.49. The largest absolute Gasteiger partial charge is 0.345 e. The molecule has 0 bridgehead atoms. The van der Waals surface area contributed by atoms with Crippen LogP contribution in [0, 0.1) is 12.3 Å².